The molecule has 0 N–H and O–H groups in total. The maximum Gasteiger partial charge on any atom is 0.360 e. The van der Waals surface area contributed by atoms with Crippen molar-refractivity contribution < 1.29 is 22.3 Å². The first-order chi connectivity index (χ1) is 15.4. The largest absolute Gasteiger partial charge is 0.461 e. The van der Waals surface area contributed by atoms with Gasteiger partial charge in [-0.3, -0.25) is 0 Å². The molecule has 0 unspecified atom stereocenters. The third-order valence-electron chi connectivity index (χ3n) is 5.23. The molecule has 0 spiro atoms. The fourth-order valence-corrected chi connectivity index (χ4v) is 5.22. The van der Waals surface area contributed by atoms with Crippen LogP contribution in [-0.2, 0) is 14.8 Å². The standard InChI is InChI=1S/C22H23FN4O4S/c1-2-31-22(28)20-21(25-18-10-5-4-9-17(18)24-20)26-12-7-13-27(15-14-26)32(29,30)19-11-6-3-8-16(19)23/h3-6,8-11H,2,7,12-15H2,1H3. The minimum Gasteiger partial charge on any atom is -0.461 e. The van der Waals surface area contributed by atoms with Crippen LogP contribution in [0.4, 0.5) is 10.2 Å². The summed E-state index contributed by atoms with van der Waals surface area (Å²) < 4.78 is 46.6. The molecule has 1 aromatic heterocycles. The molecule has 2 aromatic carbocycles. The fourth-order valence-electron chi connectivity index (χ4n) is 3.69. The Labute approximate surface area is 185 Å². The van der Waals surface area contributed by atoms with Crippen LogP contribution in [0.2, 0.25) is 0 Å². The van der Waals surface area contributed by atoms with Crippen molar-refractivity contribution in [3.8, 4) is 0 Å². The number of sulfonamides is 1. The zero-order valence-corrected chi connectivity index (χ0v) is 18.4. The topological polar surface area (TPSA) is 92.7 Å². The molecular weight excluding hydrogens is 435 g/mol. The van der Waals surface area contributed by atoms with Gasteiger partial charge in [0.15, 0.2) is 11.5 Å². The first kappa shape index (κ1) is 22.1. The third-order valence-corrected chi connectivity index (χ3v) is 7.16. The number of para-hydroxylation sites is 2. The fraction of sp³-hybridized carbons (Fsp3) is 0.318. The monoisotopic (exact) mass is 458 g/mol. The van der Waals surface area contributed by atoms with Gasteiger partial charge in [-0.05, 0) is 37.6 Å². The number of rotatable bonds is 5. The Hall–Kier alpha value is -3.11. The quantitative estimate of drug-likeness (QED) is 0.543. The Balaban J connectivity index is 1.65. The van der Waals surface area contributed by atoms with Crippen LogP contribution in [0.25, 0.3) is 11.0 Å². The van der Waals surface area contributed by atoms with E-state index < -0.39 is 21.8 Å². The van der Waals surface area contributed by atoms with Crippen LogP contribution in [0.15, 0.2) is 53.4 Å². The zero-order chi connectivity index (χ0) is 22.7. The number of anilines is 1. The molecule has 2 heterocycles. The summed E-state index contributed by atoms with van der Waals surface area (Å²) in [5, 5.41) is 0. The highest BCUT2D eigenvalue weighted by Gasteiger charge is 2.31. The van der Waals surface area contributed by atoms with Gasteiger partial charge in [-0.15, -0.1) is 0 Å². The summed E-state index contributed by atoms with van der Waals surface area (Å²) in [5.74, 6) is -1.01. The number of carbonyl (C=O) groups is 1. The number of benzene rings is 2. The van der Waals surface area contributed by atoms with Crippen LogP contribution in [0, 0.1) is 5.82 Å². The van der Waals surface area contributed by atoms with Gasteiger partial charge in [-0.25, -0.2) is 27.6 Å². The Kier molecular flexibility index (Phi) is 6.33. The van der Waals surface area contributed by atoms with E-state index in [0.717, 1.165) is 6.07 Å². The van der Waals surface area contributed by atoms with E-state index in [-0.39, 0.29) is 36.8 Å². The normalized spacial score (nSPS) is 15.5. The number of hydrogen-bond donors (Lipinski definition) is 0. The average molecular weight is 459 g/mol. The summed E-state index contributed by atoms with van der Waals surface area (Å²) >= 11 is 0. The number of ether oxygens (including phenoxy) is 1. The highest BCUT2D eigenvalue weighted by Crippen LogP contribution is 2.25. The van der Waals surface area contributed by atoms with Crippen molar-refractivity contribution in [3.05, 3.63) is 60.0 Å². The highest BCUT2D eigenvalue weighted by molar-refractivity contribution is 7.89. The van der Waals surface area contributed by atoms with Crippen molar-refractivity contribution in [2.75, 3.05) is 37.7 Å². The Bertz CT molecular complexity index is 1250. The second-order valence-electron chi connectivity index (χ2n) is 7.28. The molecule has 32 heavy (non-hydrogen) atoms. The molecular formula is C22H23FN4O4S. The Morgan fingerprint density at radius 1 is 1.00 bits per heavy atom. The van der Waals surface area contributed by atoms with Crippen LogP contribution in [-0.4, -0.2) is 61.4 Å². The first-order valence-corrected chi connectivity index (χ1v) is 11.8. The van der Waals surface area contributed by atoms with E-state index in [1.54, 1.807) is 19.1 Å². The molecule has 8 nitrogen and oxygen atoms in total. The third kappa shape index (κ3) is 4.28. The maximum atomic E-state index is 14.2. The maximum absolute atomic E-state index is 14.2. The molecule has 1 saturated heterocycles. The van der Waals surface area contributed by atoms with Gasteiger partial charge >= 0.3 is 5.97 Å². The molecule has 0 atom stereocenters. The van der Waals surface area contributed by atoms with Crippen molar-refractivity contribution in [1.82, 2.24) is 14.3 Å². The van der Waals surface area contributed by atoms with Crippen LogP contribution in [0.3, 0.4) is 0 Å². The number of fused-ring (bicyclic) bond motifs is 1. The summed E-state index contributed by atoms with van der Waals surface area (Å²) in [6.07, 6.45) is 0.477. The van der Waals surface area contributed by atoms with E-state index in [0.29, 0.717) is 29.8 Å². The van der Waals surface area contributed by atoms with E-state index >= 15 is 0 Å². The van der Waals surface area contributed by atoms with Gasteiger partial charge in [0.25, 0.3) is 0 Å². The molecule has 168 valence electrons. The van der Waals surface area contributed by atoms with E-state index in [1.165, 1.54) is 22.5 Å². The van der Waals surface area contributed by atoms with Gasteiger partial charge < -0.3 is 9.64 Å². The van der Waals surface area contributed by atoms with Gasteiger partial charge in [0.1, 0.15) is 10.7 Å². The van der Waals surface area contributed by atoms with Gasteiger partial charge in [-0.2, -0.15) is 4.31 Å². The van der Waals surface area contributed by atoms with Crippen LogP contribution in [0.5, 0.6) is 0 Å². The molecule has 0 radical (unpaired) electrons. The predicted octanol–water partition coefficient (Wildman–Crippen LogP) is 2.85. The number of esters is 1. The Morgan fingerprint density at radius 3 is 2.41 bits per heavy atom. The molecule has 0 saturated carbocycles. The predicted molar refractivity (Wildman–Crippen MR) is 117 cm³/mol. The minimum atomic E-state index is -3.99. The van der Waals surface area contributed by atoms with E-state index in [4.69, 9.17) is 4.74 Å². The second-order valence-corrected chi connectivity index (χ2v) is 9.19. The molecule has 1 aliphatic heterocycles. The molecule has 3 aromatic rings. The Morgan fingerprint density at radius 2 is 1.69 bits per heavy atom. The molecule has 0 bridgehead atoms. The summed E-state index contributed by atoms with van der Waals surface area (Å²) in [6.45, 7) is 2.98. The van der Waals surface area contributed by atoms with Crippen molar-refractivity contribution in [2.24, 2.45) is 0 Å². The molecule has 4 rings (SSSR count). The molecule has 0 amide bonds. The van der Waals surface area contributed by atoms with E-state index in [9.17, 15) is 17.6 Å². The smallest absolute Gasteiger partial charge is 0.360 e. The second kappa shape index (κ2) is 9.17. The lowest BCUT2D eigenvalue weighted by molar-refractivity contribution is 0.0520. The van der Waals surface area contributed by atoms with Gasteiger partial charge in [0.05, 0.1) is 17.6 Å². The number of aromatic nitrogens is 2. The molecule has 1 fully saturated rings. The van der Waals surface area contributed by atoms with Crippen molar-refractivity contribution in [3.63, 3.8) is 0 Å². The van der Waals surface area contributed by atoms with Crippen molar-refractivity contribution in [1.29, 1.82) is 0 Å². The summed E-state index contributed by atoms with van der Waals surface area (Å²) in [5.41, 5.74) is 1.28. The average Bonchev–Trinajstić information content (AvgIpc) is 3.05. The SMILES string of the molecule is CCOC(=O)c1nc2ccccc2nc1N1CCCN(S(=O)(=O)c2ccccc2F)CC1. The molecule has 10 heteroatoms. The van der Waals surface area contributed by atoms with Crippen LogP contribution >= 0.6 is 0 Å². The minimum absolute atomic E-state index is 0.0935. The number of hydrogen-bond acceptors (Lipinski definition) is 7. The lowest BCUT2D eigenvalue weighted by atomic mass is 10.2. The lowest BCUT2D eigenvalue weighted by Gasteiger charge is -2.24. The first-order valence-electron chi connectivity index (χ1n) is 10.4. The summed E-state index contributed by atoms with van der Waals surface area (Å²) in [7, 11) is -3.99. The number of nitrogens with zero attached hydrogens (tertiary/aromatic N) is 4. The van der Waals surface area contributed by atoms with Gasteiger partial charge in [0.2, 0.25) is 10.0 Å². The molecule has 1 aliphatic rings. The number of carbonyl (C=O) groups excluding carboxylic acids is 1. The summed E-state index contributed by atoms with van der Waals surface area (Å²) in [4.78, 5) is 23.2. The van der Waals surface area contributed by atoms with Crippen molar-refractivity contribution >= 4 is 32.8 Å². The lowest BCUT2D eigenvalue weighted by Crippen LogP contribution is -2.36. The van der Waals surface area contributed by atoms with Crippen LogP contribution in [0.1, 0.15) is 23.8 Å². The van der Waals surface area contributed by atoms with Gasteiger partial charge in [-0.1, -0.05) is 24.3 Å². The summed E-state index contributed by atoms with van der Waals surface area (Å²) in [6, 6.07) is 12.5. The van der Waals surface area contributed by atoms with Crippen LogP contribution < -0.4 is 4.90 Å². The molecule has 0 aliphatic carbocycles. The van der Waals surface area contributed by atoms with E-state index in [1.807, 2.05) is 17.0 Å². The van der Waals surface area contributed by atoms with Gasteiger partial charge in [0, 0.05) is 26.2 Å². The van der Waals surface area contributed by atoms with Crippen molar-refractivity contribution in [2.45, 2.75) is 18.2 Å². The number of halogens is 1. The van der Waals surface area contributed by atoms with E-state index in [2.05, 4.69) is 9.97 Å². The highest BCUT2D eigenvalue weighted by atomic mass is 32.2. The zero-order valence-electron chi connectivity index (χ0n) is 17.6.